The lowest BCUT2D eigenvalue weighted by atomic mass is 10.1. The molecule has 0 spiro atoms. The van der Waals surface area contributed by atoms with Crippen LogP contribution < -0.4 is 9.46 Å². The molecule has 11 heteroatoms. The van der Waals surface area contributed by atoms with E-state index in [2.05, 4.69) is 20.7 Å². The first kappa shape index (κ1) is 20.9. The molecule has 0 fully saturated rings. The van der Waals surface area contributed by atoms with Gasteiger partial charge in [-0.2, -0.15) is 0 Å². The van der Waals surface area contributed by atoms with Gasteiger partial charge in [0.25, 0.3) is 5.88 Å². The van der Waals surface area contributed by atoms with E-state index in [1.54, 1.807) is 6.07 Å². The summed E-state index contributed by atoms with van der Waals surface area (Å²) < 4.78 is 36.7. The van der Waals surface area contributed by atoms with Gasteiger partial charge in [0, 0.05) is 12.3 Å². The molecule has 2 aromatic rings. The molecule has 0 radical (unpaired) electrons. The van der Waals surface area contributed by atoms with Crippen molar-refractivity contribution in [1.82, 2.24) is 0 Å². The van der Waals surface area contributed by atoms with Crippen molar-refractivity contribution in [3.63, 3.8) is 0 Å². The summed E-state index contributed by atoms with van der Waals surface area (Å²) in [7, 11) is -3.80. The number of nitrogens with one attached hydrogen (secondary N) is 1. The fourth-order valence-corrected chi connectivity index (χ4v) is 4.30. The highest BCUT2D eigenvalue weighted by Crippen LogP contribution is 2.49. The van der Waals surface area contributed by atoms with Crippen LogP contribution in [-0.2, 0) is 14.8 Å². The molecule has 1 aromatic heterocycles. The summed E-state index contributed by atoms with van der Waals surface area (Å²) in [6.07, 6.45) is 0.341. The number of carbonyl (C=O) groups excluding carboxylic acids is 1. The van der Waals surface area contributed by atoms with E-state index in [9.17, 15) is 18.3 Å². The van der Waals surface area contributed by atoms with E-state index in [1.807, 2.05) is 0 Å². The summed E-state index contributed by atoms with van der Waals surface area (Å²) in [5.41, 5.74) is 0.132. The summed E-state index contributed by atoms with van der Waals surface area (Å²) in [5.74, 6) is -2.73. The molecule has 0 saturated heterocycles. The number of halogens is 3. The maximum absolute atomic E-state index is 12.1. The van der Waals surface area contributed by atoms with Gasteiger partial charge < -0.3 is 14.3 Å². The number of carbonyl (C=O) groups is 1. The minimum Gasteiger partial charge on any atom is -0.502 e. The molecule has 1 aromatic carbocycles. The predicted molar refractivity (Wildman–Crippen MR) is 103 cm³/mol. The number of benzene rings is 1. The van der Waals surface area contributed by atoms with Crippen molar-refractivity contribution in [3.05, 3.63) is 28.2 Å². The average molecular weight is 487 g/mol. The molecule has 0 amide bonds. The number of sulfonamides is 1. The lowest BCUT2D eigenvalue weighted by molar-refractivity contribution is -0.131. The lowest BCUT2D eigenvalue weighted by Gasteiger charge is -2.06. The van der Waals surface area contributed by atoms with Gasteiger partial charge in [-0.3, -0.25) is 4.79 Å². The second-order valence-corrected chi connectivity index (χ2v) is 8.54. The molecule has 0 aliphatic rings. The Hall–Kier alpha value is -1.42. The Morgan fingerprint density at radius 2 is 1.96 bits per heavy atom. The van der Waals surface area contributed by atoms with Gasteiger partial charge in [-0.15, -0.1) is 0 Å². The van der Waals surface area contributed by atoms with Crippen molar-refractivity contribution < 1.29 is 27.5 Å². The summed E-state index contributed by atoms with van der Waals surface area (Å²) >= 11 is 15.3. The summed E-state index contributed by atoms with van der Waals surface area (Å²) in [4.78, 5) is 11.3. The SMILES string of the molecule is CC(=O)Oc1c(NS(=O)(=O)CCCBr)oc(-c2c(Cl)cccc2Cl)c1O. The van der Waals surface area contributed by atoms with Crippen LogP contribution in [0.1, 0.15) is 13.3 Å². The first-order chi connectivity index (χ1) is 12.2. The Morgan fingerprint density at radius 1 is 1.35 bits per heavy atom. The first-order valence-corrected chi connectivity index (χ1v) is 10.7. The number of ether oxygens (including phenoxy) is 1. The van der Waals surface area contributed by atoms with Crippen LogP contribution in [0.2, 0.25) is 10.0 Å². The quantitative estimate of drug-likeness (QED) is 0.443. The minimum absolute atomic E-state index is 0.132. The maximum Gasteiger partial charge on any atom is 0.308 e. The summed E-state index contributed by atoms with van der Waals surface area (Å²) in [6.45, 7) is 1.09. The van der Waals surface area contributed by atoms with E-state index in [1.165, 1.54) is 12.1 Å². The van der Waals surface area contributed by atoms with E-state index in [0.717, 1.165) is 6.92 Å². The number of rotatable bonds is 7. The molecule has 0 saturated carbocycles. The van der Waals surface area contributed by atoms with Crippen molar-refractivity contribution >= 4 is 61.0 Å². The van der Waals surface area contributed by atoms with Crippen molar-refractivity contribution in [2.75, 3.05) is 15.8 Å². The van der Waals surface area contributed by atoms with Crippen molar-refractivity contribution in [3.8, 4) is 22.8 Å². The number of alkyl halides is 1. The zero-order valence-electron chi connectivity index (χ0n) is 13.4. The van der Waals surface area contributed by atoms with Crippen LogP contribution in [0.4, 0.5) is 5.88 Å². The molecule has 2 rings (SSSR count). The highest BCUT2D eigenvalue weighted by Gasteiger charge is 2.29. The molecular formula is C15H14BrCl2NO6S. The second-order valence-electron chi connectivity index (χ2n) is 5.09. The normalized spacial score (nSPS) is 11.4. The number of hydrogen-bond acceptors (Lipinski definition) is 6. The third kappa shape index (κ3) is 4.85. The second kappa shape index (κ2) is 8.51. The van der Waals surface area contributed by atoms with Gasteiger partial charge in [-0.05, 0) is 18.6 Å². The van der Waals surface area contributed by atoms with Crippen LogP contribution in [0.3, 0.4) is 0 Å². The molecule has 0 aliphatic heterocycles. The predicted octanol–water partition coefficient (Wildman–Crippen LogP) is 4.41. The number of esters is 1. The molecule has 0 atom stereocenters. The van der Waals surface area contributed by atoms with Crippen molar-refractivity contribution in [1.29, 1.82) is 0 Å². The maximum atomic E-state index is 12.1. The lowest BCUT2D eigenvalue weighted by Crippen LogP contribution is -2.17. The highest BCUT2D eigenvalue weighted by molar-refractivity contribution is 9.09. The topological polar surface area (TPSA) is 106 Å². The molecular weight excluding hydrogens is 473 g/mol. The van der Waals surface area contributed by atoms with Crippen LogP contribution in [0, 0.1) is 0 Å². The molecule has 0 unspecified atom stereocenters. The summed E-state index contributed by atoms with van der Waals surface area (Å²) in [5, 5.41) is 11.2. The Kier molecular flexibility index (Phi) is 6.84. The van der Waals surface area contributed by atoms with E-state index >= 15 is 0 Å². The fraction of sp³-hybridized carbons (Fsp3) is 0.267. The van der Waals surface area contributed by atoms with E-state index in [0.29, 0.717) is 11.8 Å². The van der Waals surface area contributed by atoms with Gasteiger partial charge in [-0.25, -0.2) is 13.1 Å². The molecule has 26 heavy (non-hydrogen) atoms. The zero-order valence-corrected chi connectivity index (χ0v) is 17.3. The highest BCUT2D eigenvalue weighted by atomic mass is 79.9. The van der Waals surface area contributed by atoms with Crippen molar-refractivity contribution in [2.24, 2.45) is 0 Å². The van der Waals surface area contributed by atoms with Gasteiger partial charge >= 0.3 is 5.97 Å². The largest absolute Gasteiger partial charge is 0.502 e. The first-order valence-electron chi connectivity index (χ1n) is 7.21. The molecule has 1 heterocycles. The van der Waals surface area contributed by atoms with Gasteiger partial charge in [0.1, 0.15) is 0 Å². The Balaban J connectivity index is 2.56. The van der Waals surface area contributed by atoms with Gasteiger partial charge in [0.05, 0.1) is 21.4 Å². The van der Waals surface area contributed by atoms with Crippen molar-refractivity contribution in [2.45, 2.75) is 13.3 Å². The average Bonchev–Trinajstić information content (AvgIpc) is 2.81. The molecule has 7 nitrogen and oxygen atoms in total. The smallest absolute Gasteiger partial charge is 0.308 e. The molecule has 0 aliphatic carbocycles. The van der Waals surface area contributed by atoms with E-state index < -0.39 is 33.4 Å². The number of anilines is 1. The van der Waals surface area contributed by atoms with Crippen LogP contribution in [-0.4, -0.2) is 30.6 Å². The Morgan fingerprint density at radius 3 is 2.50 bits per heavy atom. The van der Waals surface area contributed by atoms with Gasteiger partial charge in [0.15, 0.2) is 5.76 Å². The summed E-state index contributed by atoms with van der Waals surface area (Å²) in [6, 6.07) is 4.61. The number of furan rings is 1. The van der Waals surface area contributed by atoms with Crippen LogP contribution in [0.5, 0.6) is 11.5 Å². The Labute approximate surface area is 168 Å². The van der Waals surface area contributed by atoms with E-state index in [4.69, 9.17) is 32.4 Å². The number of aromatic hydroxyl groups is 1. The Bertz CT molecular complexity index is 908. The minimum atomic E-state index is -3.80. The standard InChI is InChI=1S/C15H14BrCl2NO6S/c1-8(20)24-14-12(21)13(11-9(17)4-2-5-10(11)18)25-15(14)19-26(22,23)7-3-6-16/h2,4-5,19,21H,3,6-7H2,1H3. The van der Waals surface area contributed by atoms with Crippen LogP contribution in [0.25, 0.3) is 11.3 Å². The zero-order chi connectivity index (χ0) is 19.5. The number of hydrogen-bond donors (Lipinski definition) is 2. The molecule has 0 bridgehead atoms. The third-order valence-corrected chi connectivity index (χ3v) is 5.58. The van der Waals surface area contributed by atoms with E-state index in [-0.39, 0.29) is 27.1 Å². The fourth-order valence-electron chi connectivity index (χ4n) is 2.03. The van der Waals surface area contributed by atoms with Crippen LogP contribution >= 0.6 is 39.1 Å². The molecule has 2 N–H and O–H groups in total. The third-order valence-electron chi connectivity index (χ3n) is 3.07. The van der Waals surface area contributed by atoms with Gasteiger partial charge in [0.2, 0.25) is 21.5 Å². The molecule has 142 valence electrons. The van der Waals surface area contributed by atoms with Crippen LogP contribution in [0.15, 0.2) is 22.6 Å². The van der Waals surface area contributed by atoms with Gasteiger partial charge in [-0.1, -0.05) is 45.2 Å². The monoisotopic (exact) mass is 485 g/mol.